The number of amides is 2. The molecule has 18 heavy (non-hydrogen) atoms. The lowest BCUT2D eigenvalue weighted by Crippen LogP contribution is -2.37. The Morgan fingerprint density at radius 3 is 2.22 bits per heavy atom. The third-order valence-electron chi connectivity index (χ3n) is 2.08. The average Bonchev–Trinajstić information content (AvgIpc) is 2.30. The number of hydrogen-bond acceptors (Lipinski definition) is 2. The molecule has 0 fully saturated rings. The lowest BCUT2D eigenvalue weighted by molar-refractivity contribution is -0.136. The summed E-state index contributed by atoms with van der Waals surface area (Å²) in [7, 11) is 0. The van der Waals surface area contributed by atoms with Crippen molar-refractivity contribution < 1.29 is 18.4 Å². The van der Waals surface area contributed by atoms with E-state index < -0.39 is 29.1 Å². The Kier molecular flexibility index (Phi) is 4.76. The normalized spacial score (nSPS) is 10.3. The smallest absolute Gasteiger partial charge is 0.313 e. The molecule has 98 valence electrons. The van der Waals surface area contributed by atoms with E-state index in [1.54, 1.807) is 0 Å². The number of nitrogens with one attached hydrogen (secondary N) is 2. The Labute approximate surface area is 103 Å². The van der Waals surface area contributed by atoms with Crippen LogP contribution in [0.5, 0.6) is 0 Å². The molecule has 0 bridgehead atoms. The molecule has 0 aliphatic heterocycles. The van der Waals surface area contributed by atoms with Crippen LogP contribution in [0.1, 0.15) is 13.8 Å². The molecule has 0 atom stereocenters. The Morgan fingerprint density at radius 1 is 1.17 bits per heavy atom. The van der Waals surface area contributed by atoms with Crippen molar-refractivity contribution in [2.45, 2.75) is 13.8 Å². The molecule has 0 aliphatic carbocycles. The topological polar surface area (TPSA) is 58.2 Å². The number of anilines is 1. The molecule has 0 aromatic heterocycles. The SMILES string of the molecule is CC(C)CNC(=O)C(=O)Nc1c(F)cccc1F. The predicted octanol–water partition coefficient (Wildman–Crippen LogP) is 1.68. The molecule has 6 heteroatoms. The Morgan fingerprint density at radius 2 is 1.72 bits per heavy atom. The van der Waals surface area contributed by atoms with Crippen molar-refractivity contribution in [3.8, 4) is 0 Å². The third kappa shape index (κ3) is 3.80. The summed E-state index contributed by atoms with van der Waals surface area (Å²) in [5, 5.41) is 4.25. The predicted molar refractivity (Wildman–Crippen MR) is 62.8 cm³/mol. The van der Waals surface area contributed by atoms with E-state index in [1.807, 2.05) is 19.2 Å². The highest BCUT2D eigenvalue weighted by Gasteiger charge is 2.17. The van der Waals surface area contributed by atoms with Crippen molar-refractivity contribution >= 4 is 17.5 Å². The first-order valence-electron chi connectivity index (χ1n) is 5.45. The summed E-state index contributed by atoms with van der Waals surface area (Å²) in [5.41, 5.74) is -0.623. The lowest BCUT2D eigenvalue weighted by atomic mass is 10.2. The summed E-state index contributed by atoms with van der Waals surface area (Å²) < 4.78 is 26.4. The van der Waals surface area contributed by atoms with Crippen LogP contribution >= 0.6 is 0 Å². The Hall–Kier alpha value is -1.98. The molecule has 2 amide bonds. The van der Waals surface area contributed by atoms with Gasteiger partial charge in [-0.25, -0.2) is 8.78 Å². The average molecular weight is 256 g/mol. The van der Waals surface area contributed by atoms with Gasteiger partial charge in [0.05, 0.1) is 0 Å². The van der Waals surface area contributed by atoms with Gasteiger partial charge in [-0.15, -0.1) is 0 Å². The molecule has 0 unspecified atom stereocenters. The van der Waals surface area contributed by atoms with Gasteiger partial charge < -0.3 is 10.6 Å². The molecular weight excluding hydrogens is 242 g/mol. The van der Waals surface area contributed by atoms with E-state index in [0.29, 0.717) is 6.54 Å². The maximum Gasteiger partial charge on any atom is 0.313 e. The van der Waals surface area contributed by atoms with Crippen LogP contribution < -0.4 is 10.6 Å². The van der Waals surface area contributed by atoms with E-state index in [2.05, 4.69) is 5.32 Å². The maximum absolute atomic E-state index is 13.2. The van der Waals surface area contributed by atoms with Gasteiger partial charge >= 0.3 is 11.8 Å². The summed E-state index contributed by atoms with van der Waals surface area (Å²) in [5.74, 6) is -3.71. The minimum absolute atomic E-state index is 0.173. The summed E-state index contributed by atoms with van der Waals surface area (Å²) in [6.07, 6.45) is 0. The van der Waals surface area contributed by atoms with Crippen LogP contribution in [0.15, 0.2) is 18.2 Å². The quantitative estimate of drug-likeness (QED) is 0.808. The molecule has 0 saturated heterocycles. The van der Waals surface area contributed by atoms with Crippen molar-refractivity contribution in [3.63, 3.8) is 0 Å². The minimum atomic E-state index is -1.10. The van der Waals surface area contributed by atoms with Crippen LogP contribution in [-0.2, 0) is 9.59 Å². The fourth-order valence-corrected chi connectivity index (χ4v) is 1.16. The number of carbonyl (C=O) groups excluding carboxylic acids is 2. The number of halogens is 2. The highest BCUT2D eigenvalue weighted by molar-refractivity contribution is 6.39. The van der Waals surface area contributed by atoms with Gasteiger partial charge in [0.25, 0.3) is 0 Å². The van der Waals surface area contributed by atoms with Crippen molar-refractivity contribution in [2.24, 2.45) is 5.92 Å². The molecule has 1 aromatic rings. The fourth-order valence-electron chi connectivity index (χ4n) is 1.16. The van der Waals surface area contributed by atoms with E-state index in [4.69, 9.17) is 0 Å². The molecular formula is C12H14F2N2O2. The Bertz CT molecular complexity index is 441. The summed E-state index contributed by atoms with van der Waals surface area (Å²) >= 11 is 0. The van der Waals surface area contributed by atoms with Gasteiger partial charge in [-0.05, 0) is 18.1 Å². The second-order valence-electron chi connectivity index (χ2n) is 4.15. The molecule has 4 nitrogen and oxygen atoms in total. The molecule has 1 rings (SSSR count). The third-order valence-corrected chi connectivity index (χ3v) is 2.08. The summed E-state index contributed by atoms with van der Waals surface area (Å²) in [6.45, 7) is 4.02. The first-order chi connectivity index (χ1) is 8.41. The van der Waals surface area contributed by atoms with E-state index in [-0.39, 0.29) is 5.92 Å². The minimum Gasteiger partial charge on any atom is -0.348 e. The van der Waals surface area contributed by atoms with Crippen molar-refractivity contribution in [1.82, 2.24) is 5.32 Å². The van der Waals surface area contributed by atoms with E-state index in [9.17, 15) is 18.4 Å². The van der Waals surface area contributed by atoms with Crippen molar-refractivity contribution in [3.05, 3.63) is 29.8 Å². The zero-order valence-electron chi connectivity index (χ0n) is 10.1. The number of hydrogen-bond donors (Lipinski definition) is 2. The number of para-hydroxylation sites is 1. The van der Waals surface area contributed by atoms with Gasteiger partial charge in [0, 0.05) is 6.54 Å². The van der Waals surface area contributed by atoms with Crippen LogP contribution in [-0.4, -0.2) is 18.4 Å². The number of rotatable bonds is 3. The van der Waals surface area contributed by atoms with E-state index >= 15 is 0 Å². The molecule has 0 saturated carbocycles. The lowest BCUT2D eigenvalue weighted by Gasteiger charge is -2.09. The molecule has 1 aromatic carbocycles. The highest BCUT2D eigenvalue weighted by atomic mass is 19.1. The Balaban J connectivity index is 2.67. The first kappa shape index (κ1) is 14.1. The second kappa shape index (κ2) is 6.09. The fraction of sp³-hybridized carbons (Fsp3) is 0.333. The summed E-state index contributed by atoms with van der Waals surface area (Å²) in [6, 6.07) is 3.15. The van der Waals surface area contributed by atoms with Crippen LogP contribution in [0.25, 0.3) is 0 Å². The van der Waals surface area contributed by atoms with Crippen LogP contribution in [0, 0.1) is 17.6 Å². The highest BCUT2D eigenvalue weighted by Crippen LogP contribution is 2.17. The molecule has 0 heterocycles. The van der Waals surface area contributed by atoms with Gasteiger partial charge in [-0.3, -0.25) is 9.59 Å². The van der Waals surface area contributed by atoms with E-state index in [1.165, 1.54) is 6.07 Å². The van der Waals surface area contributed by atoms with Crippen molar-refractivity contribution in [1.29, 1.82) is 0 Å². The van der Waals surface area contributed by atoms with Gasteiger partial charge in [0.2, 0.25) is 0 Å². The second-order valence-corrected chi connectivity index (χ2v) is 4.15. The number of benzene rings is 1. The first-order valence-corrected chi connectivity index (χ1v) is 5.45. The van der Waals surface area contributed by atoms with Gasteiger partial charge in [-0.1, -0.05) is 19.9 Å². The molecule has 0 spiro atoms. The van der Waals surface area contributed by atoms with Gasteiger partial charge in [0.15, 0.2) is 0 Å². The standard InChI is InChI=1S/C12H14F2N2O2/c1-7(2)6-15-11(17)12(18)16-10-8(13)4-3-5-9(10)14/h3-5,7H,6H2,1-2H3,(H,15,17)(H,16,18). The maximum atomic E-state index is 13.2. The molecule has 0 aliphatic rings. The van der Waals surface area contributed by atoms with Gasteiger partial charge in [-0.2, -0.15) is 0 Å². The van der Waals surface area contributed by atoms with Crippen LogP contribution in [0.2, 0.25) is 0 Å². The summed E-state index contributed by atoms with van der Waals surface area (Å²) in [4.78, 5) is 22.7. The zero-order chi connectivity index (χ0) is 13.7. The number of carbonyl (C=O) groups is 2. The largest absolute Gasteiger partial charge is 0.348 e. The molecule has 0 radical (unpaired) electrons. The van der Waals surface area contributed by atoms with Crippen molar-refractivity contribution in [2.75, 3.05) is 11.9 Å². The van der Waals surface area contributed by atoms with Crippen LogP contribution in [0.3, 0.4) is 0 Å². The monoisotopic (exact) mass is 256 g/mol. The van der Waals surface area contributed by atoms with Gasteiger partial charge in [0.1, 0.15) is 17.3 Å². The van der Waals surface area contributed by atoms with Crippen LogP contribution in [0.4, 0.5) is 14.5 Å². The molecule has 2 N–H and O–H groups in total. The zero-order valence-corrected chi connectivity index (χ0v) is 10.1. The van der Waals surface area contributed by atoms with E-state index in [0.717, 1.165) is 12.1 Å².